The Balaban J connectivity index is 0.000000856. The van der Waals surface area contributed by atoms with Crippen LogP contribution in [-0.2, 0) is 19.1 Å². The summed E-state index contributed by atoms with van der Waals surface area (Å²) in [5.41, 5.74) is -0.474. The Hall–Kier alpha value is -0.750. The van der Waals surface area contributed by atoms with Gasteiger partial charge in [-0.1, -0.05) is 34.6 Å². The van der Waals surface area contributed by atoms with Crippen molar-refractivity contribution >= 4 is 22.1 Å². The Morgan fingerprint density at radius 2 is 1.52 bits per heavy atom. The summed E-state index contributed by atoms with van der Waals surface area (Å²) in [5.74, 6) is -1.17. The lowest BCUT2D eigenvalue weighted by atomic mass is 9.80. The minimum atomic E-state index is -1.29. The standard InChI is InChI=1S/C20H36O6.C9H19NO.C3H10OS/c1-7-15-18(23)17(22)14(4)16(21)13(3)11-20(5,25-6)10-8-9-12(2)19(24)26-15;1-7-4-8(10(2)3)6-9(11)5-7;1-5(2,3)4/h12-15,17-18,22-23H,7-11H2,1-6H3;7-9,11H,4-6H2,1-3H3;4H,1-3H3/t12?,13-,14?,15-,17?,18?,20+;;/m1../s1. The molecule has 0 aromatic rings. The second-order valence-electron chi connectivity index (χ2n) is 14.0. The van der Waals surface area contributed by atoms with Gasteiger partial charge in [0.05, 0.1) is 23.7 Å². The monoisotopic (exact) mass is 623 g/mol. The molecule has 0 aromatic heterocycles. The fourth-order valence-corrected chi connectivity index (χ4v) is 5.68. The number of esters is 1. The zero-order valence-corrected chi connectivity index (χ0v) is 29.4. The Morgan fingerprint density at radius 1 is 0.976 bits per heavy atom. The first-order valence-corrected chi connectivity index (χ1v) is 18.4. The molecule has 7 unspecified atom stereocenters. The van der Waals surface area contributed by atoms with E-state index in [1.165, 1.54) is 6.42 Å². The van der Waals surface area contributed by atoms with Crippen LogP contribution in [0, 0.1) is 23.7 Å². The molecular formula is C32H65NO8S. The molecule has 2 rings (SSSR count). The number of hydrogen-bond donors (Lipinski definition) is 4. The highest BCUT2D eigenvalue weighted by Gasteiger charge is 2.39. The van der Waals surface area contributed by atoms with Crippen LogP contribution in [0.4, 0.5) is 0 Å². The molecule has 1 aliphatic carbocycles. The van der Waals surface area contributed by atoms with Gasteiger partial charge in [0, 0.05) is 25.0 Å². The van der Waals surface area contributed by atoms with Gasteiger partial charge in [0.1, 0.15) is 18.0 Å². The third-order valence-electron chi connectivity index (χ3n) is 8.45. The minimum absolute atomic E-state index is 0.0638. The van der Waals surface area contributed by atoms with Crippen LogP contribution in [0.25, 0.3) is 0 Å². The zero-order chi connectivity index (χ0) is 33.0. The number of rotatable bonds is 3. The zero-order valence-electron chi connectivity index (χ0n) is 28.6. The fraction of sp³-hybridized carbons (Fsp3) is 0.938. The highest BCUT2D eigenvalue weighted by atomic mass is 32.3. The van der Waals surface area contributed by atoms with Gasteiger partial charge in [-0.2, -0.15) is 0 Å². The molecular weight excluding hydrogens is 558 g/mol. The maximum Gasteiger partial charge on any atom is 0.309 e. The molecule has 0 bridgehead atoms. The Kier molecular flexibility index (Phi) is 18.6. The number of ketones is 1. The van der Waals surface area contributed by atoms with Crippen molar-refractivity contribution in [1.82, 2.24) is 4.90 Å². The third-order valence-corrected chi connectivity index (χ3v) is 8.45. The van der Waals surface area contributed by atoms with Crippen LogP contribution >= 0.6 is 10.3 Å². The summed E-state index contributed by atoms with van der Waals surface area (Å²) in [4.78, 5) is 27.3. The molecule has 1 saturated heterocycles. The molecule has 1 heterocycles. The van der Waals surface area contributed by atoms with Crippen molar-refractivity contribution < 1.29 is 38.9 Å². The van der Waals surface area contributed by atoms with Gasteiger partial charge in [0.2, 0.25) is 0 Å². The normalized spacial score (nSPS) is 37.8. The molecule has 42 heavy (non-hydrogen) atoms. The summed E-state index contributed by atoms with van der Waals surface area (Å²) in [6.45, 7) is 11.2. The molecule has 9 nitrogen and oxygen atoms in total. The lowest BCUT2D eigenvalue weighted by molar-refractivity contribution is -0.168. The predicted molar refractivity (Wildman–Crippen MR) is 173 cm³/mol. The van der Waals surface area contributed by atoms with E-state index in [1.54, 1.807) is 21.0 Å². The van der Waals surface area contributed by atoms with E-state index in [1.807, 2.05) is 39.5 Å². The summed E-state index contributed by atoms with van der Waals surface area (Å²) < 4.78 is 19.7. The SMILES string of the molecule is CC1CC(O)CC(N(C)C)C1.CC[C@H]1OC(=O)C(C)CCC[C@](C)(OC)C[C@@H](C)C(=O)C(C)C(O)C1O.CS(C)(C)O. The van der Waals surface area contributed by atoms with E-state index >= 15 is 0 Å². The Labute approximate surface area is 258 Å². The van der Waals surface area contributed by atoms with Crippen molar-refractivity contribution in [2.24, 2.45) is 23.7 Å². The predicted octanol–water partition coefficient (Wildman–Crippen LogP) is 4.74. The summed E-state index contributed by atoms with van der Waals surface area (Å²) in [6.07, 6.45) is 8.26. The first kappa shape index (κ1) is 41.2. The van der Waals surface area contributed by atoms with Gasteiger partial charge in [0.25, 0.3) is 0 Å². The summed E-state index contributed by atoms with van der Waals surface area (Å²) in [5, 5.41) is 30.4. The van der Waals surface area contributed by atoms with Crippen molar-refractivity contribution in [1.29, 1.82) is 0 Å². The van der Waals surface area contributed by atoms with E-state index < -0.39 is 40.1 Å². The van der Waals surface area contributed by atoms with Gasteiger partial charge < -0.3 is 34.2 Å². The summed E-state index contributed by atoms with van der Waals surface area (Å²) in [6, 6.07) is 0.591. The largest absolute Gasteiger partial charge is 0.459 e. The molecule has 0 radical (unpaired) electrons. The smallest absolute Gasteiger partial charge is 0.309 e. The second-order valence-corrected chi connectivity index (χ2v) is 17.5. The van der Waals surface area contributed by atoms with Gasteiger partial charge >= 0.3 is 5.97 Å². The highest BCUT2D eigenvalue weighted by molar-refractivity contribution is 8.27. The number of aliphatic hydroxyl groups is 3. The molecule has 10 atom stereocenters. The third kappa shape index (κ3) is 15.8. The number of carbonyl (C=O) groups is 2. The van der Waals surface area contributed by atoms with Crippen LogP contribution in [0.15, 0.2) is 0 Å². The topological polar surface area (TPSA) is 137 Å². The molecule has 0 spiro atoms. The lowest BCUT2D eigenvalue weighted by Crippen LogP contribution is -2.47. The average Bonchev–Trinajstić information content (AvgIpc) is 2.88. The number of aliphatic hydroxyl groups excluding tert-OH is 3. The number of methoxy groups -OCH3 is 1. The highest BCUT2D eigenvalue weighted by Crippen LogP contribution is 2.31. The van der Waals surface area contributed by atoms with Crippen LogP contribution < -0.4 is 0 Å². The first-order chi connectivity index (χ1) is 19.1. The van der Waals surface area contributed by atoms with E-state index in [-0.39, 0.29) is 29.7 Å². The lowest BCUT2D eigenvalue weighted by Gasteiger charge is -2.34. The molecule has 1 saturated carbocycles. The van der Waals surface area contributed by atoms with Crippen LogP contribution in [0.1, 0.15) is 92.9 Å². The summed E-state index contributed by atoms with van der Waals surface area (Å²) >= 11 is 0. The van der Waals surface area contributed by atoms with E-state index in [2.05, 4.69) is 25.9 Å². The molecule has 0 aromatic carbocycles. The summed E-state index contributed by atoms with van der Waals surface area (Å²) in [7, 11) is 4.65. The molecule has 10 heteroatoms. The fourth-order valence-electron chi connectivity index (χ4n) is 5.68. The number of cyclic esters (lactones) is 1. The Morgan fingerprint density at radius 3 is 1.98 bits per heavy atom. The van der Waals surface area contributed by atoms with Crippen LogP contribution in [-0.4, -0.2) is 113 Å². The molecule has 0 amide bonds. The number of hydrogen-bond acceptors (Lipinski definition) is 9. The van der Waals surface area contributed by atoms with Crippen molar-refractivity contribution in [2.45, 2.75) is 129 Å². The van der Waals surface area contributed by atoms with E-state index in [9.17, 15) is 24.9 Å². The number of nitrogens with zero attached hydrogens (tertiary/aromatic N) is 1. The van der Waals surface area contributed by atoms with Crippen molar-refractivity contribution in [3.8, 4) is 0 Å². The maximum absolute atomic E-state index is 12.8. The quantitative estimate of drug-likeness (QED) is 0.329. The maximum atomic E-state index is 12.8. The molecule has 1 aliphatic heterocycles. The van der Waals surface area contributed by atoms with Crippen molar-refractivity contribution in [3.63, 3.8) is 0 Å². The van der Waals surface area contributed by atoms with Crippen molar-refractivity contribution in [3.05, 3.63) is 0 Å². The van der Waals surface area contributed by atoms with Crippen molar-refractivity contribution in [2.75, 3.05) is 40.0 Å². The number of ether oxygens (including phenoxy) is 2. The van der Waals surface area contributed by atoms with E-state index in [0.717, 1.165) is 25.7 Å². The molecule has 2 fully saturated rings. The van der Waals surface area contributed by atoms with E-state index in [4.69, 9.17) is 14.0 Å². The molecule has 252 valence electrons. The number of Topliss-reactive ketones (excluding diaryl/α,β-unsaturated/α-hetero) is 1. The van der Waals surface area contributed by atoms with Gasteiger partial charge in [-0.05, 0) is 97.1 Å². The Bertz CT molecular complexity index is 775. The van der Waals surface area contributed by atoms with Gasteiger partial charge in [-0.25, -0.2) is 0 Å². The van der Waals surface area contributed by atoms with Gasteiger partial charge in [0.15, 0.2) is 0 Å². The van der Waals surface area contributed by atoms with E-state index in [0.29, 0.717) is 31.2 Å². The van der Waals surface area contributed by atoms with Crippen LogP contribution in [0.2, 0.25) is 0 Å². The van der Waals surface area contributed by atoms with Crippen LogP contribution in [0.3, 0.4) is 0 Å². The van der Waals surface area contributed by atoms with Gasteiger partial charge in [-0.3, -0.25) is 9.59 Å². The first-order valence-electron chi connectivity index (χ1n) is 15.6. The van der Waals surface area contributed by atoms with Crippen LogP contribution in [0.5, 0.6) is 0 Å². The number of carbonyl (C=O) groups excluding carboxylic acids is 2. The second kappa shape index (κ2) is 18.9. The molecule has 2 aliphatic rings. The average molecular weight is 624 g/mol. The molecule has 4 N–H and O–H groups in total. The van der Waals surface area contributed by atoms with Gasteiger partial charge in [-0.15, -0.1) is 10.3 Å². The minimum Gasteiger partial charge on any atom is -0.459 e.